The van der Waals surface area contributed by atoms with E-state index in [0.29, 0.717) is 0 Å². The van der Waals surface area contributed by atoms with E-state index in [1.807, 2.05) is 63.2 Å². The maximum Gasteiger partial charge on any atom is 0.407 e. The normalized spacial score (nSPS) is 15.5. The number of piperidine rings is 1. The molecule has 0 atom stereocenters. The van der Waals surface area contributed by atoms with Crippen LogP contribution in [0.1, 0.15) is 33.6 Å². The largest absolute Gasteiger partial charge is 0.444 e. The zero-order valence-corrected chi connectivity index (χ0v) is 17.1. The predicted molar refractivity (Wildman–Crippen MR) is 114 cm³/mol. The molecule has 3 heterocycles. The summed E-state index contributed by atoms with van der Waals surface area (Å²) >= 11 is 0. The van der Waals surface area contributed by atoms with E-state index in [1.165, 1.54) is 0 Å². The molecule has 4 rings (SSSR count). The molecule has 1 amide bonds. The fourth-order valence-electron chi connectivity index (χ4n) is 3.53. The highest BCUT2D eigenvalue weighted by Crippen LogP contribution is 2.23. The molecule has 0 spiro atoms. The van der Waals surface area contributed by atoms with E-state index in [2.05, 4.69) is 20.2 Å². The number of benzene rings is 1. The van der Waals surface area contributed by atoms with Crippen molar-refractivity contribution < 1.29 is 9.53 Å². The van der Waals surface area contributed by atoms with Crippen LogP contribution in [0.2, 0.25) is 0 Å². The smallest absolute Gasteiger partial charge is 0.407 e. The maximum absolute atomic E-state index is 12.0. The molecule has 1 aliphatic heterocycles. The molecule has 152 valence electrons. The number of hydrogen-bond donors (Lipinski definition) is 2. The highest BCUT2D eigenvalue weighted by atomic mass is 16.6. The maximum atomic E-state index is 12.0. The molecule has 7 nitrogen and oxygen atoms in total. The summed E-state index contributed by atoms with van der Waals surface area (Å²) < 4.78 is 5.36. The van der Waals surface area contributed by atoms with Gasteiger partial charge in [0.25, 0.3) is 0 Å². The highest BCUT2D eigenvalue weighted by molar-refractivity contribution is 5.78. The summed E-state index contributed by atoms with van der Waals surface area (Å²) in [5.74, 6) is 1.70. The lowest BCUT2D eigenvalue weighted by molar-refractivity contribution is 0.0497. The third-order valence-electron chi connectivity index (χ3n) is 4.91. The van der Waals surface area contributed by atoms with Crippen LogP contribution in [0.3, 0.4) is 0 Å². The average molecular weight is 393 g/mol. The summed E-state index contributed by atoms with van der Waals surface area (Å²) in [6.07, 6.45) is 1.37. The third kappa shape index (κ3) is 4.67. The van der Waals surface area contributed by atoms with Crippen molar-refractivity contribution >= 4 is 22.9 Å². The predicted octanol–water partition coefficient (Wildman–Crippen LogP) is 4.12. The number of carbonyl (C=O) groups is 1. The van der Waals surface area contributed by atoms with Gasteiger partial charge in [-0.2, -0.15) is 0 Å². The molecule has 7 heteroatoms. The topological polar surface area (TPSA) is 83.1 Å². The Balaban J connectivity index is 1.40. The Bertz CT molecular complexity index is 967. The Kier molecular flexibility index (Phi) is 5.13. The van der Waals surface area contributed by atoms with Gasteiger partial charge in [-0.1, -0.05) is 18.2 Å². The van der Waals surface area contributed by atoms with E-state index in [-0.39, 0.29) is 12.1 Å². The first-order valence-electron chi connectivity index (χ1n) is 10.0. The first-order valence-corrected chi connectivity index (χ1v) is 10.0. The first-order chi connectivity index (χ1) is 13.9. The Labute approximate surface area is 170 Å². The van der Waals surface area contributed by atoms with Crippen molar-refractivity contribution in [2.75, 3.05) is 18.0 Å². The van der Waals surface area contributed by atoms with Crippen LogP contribution in [-0.4, -0.2) is 45.8 Å². The number of aromatic amines is 1. The van der Waals surface area contributed by atoms with Gasteiger partial charge in [0.15, 0.2) is 5.82 Å². The minimum Gasteiger partial charge on any atom is -0.444 e. The zero-order valence-electron chi connectivity index (χ0n) is 17.1. The van der Waals surface area contributed by atoms with Crippen molar-refractivity contribution in [2.24, 2.45) is 0 Å². The van der Waals surface area contributed by atoms with Gasteiger partial charge in [0.1, 0.15) is 17.1 Å². The molecule has 0 aliphatic carbocycles. The van der Waals surface area contributed by atoms with Crippen molar-refractivity contribution in [1.29, 1.82) is 0 Å². The van der Waals surface area contributed by atoms with E-state index in [4.69, 9.17) is 9.72 Å². The van der Waals surface area contributed by atoms with Gasteiger partial charge in [0.2, 0.25) is 0 Å². The van der Waals surface area contributed by atoms with Gasteiger partial charge in [0, 0.05) is 19.1 Å². The lowest BCUT2D eigenvalue weighted by atomic mass is 10.1. The van der Waals surface area contributed by atoms with Gasteiger partial charge < -0.3 is 19.9 Å². The molecule has 2 aromatic heterocycles. The number of para-hydroxylation sites is 2. The number of amides is 1. The van der Waals surface area contributed by atoms with Crippen molar-refractivity contribution in [3.05, 3.63) is 42.5 Å². The van der Waals surface area contributed by atoms with Crippen LogP contribution in [0, 0.1) is 0 Å². The summed E-state index contributed by atoms with van der Waals surface area (Å²) in [6.45, 7) is 7.27. The standard InChI is InChI=1S/C22H27N5O2/c1-22(2,3)29-21(28)23-15-11-13-27(14-12-15)19-10-6-9-18(24-19)20-25-16-7-4-5-8-17(16)26-20/h4-10,15H,11-14H2,1-3H3,(H,23,28)(H,25,26). The fraction of sp³-hybridized carbons (Fsp3) is 0.409. The minimum atomic E-state index is -0.480. The van der Waals surface area contributed by atoms with Gasteiger partial charge in [-0.05, 0) is 57.9 Å². The molecule has 29 heavy (non-hydrogen) atoms. The third-order valence-corrected chi connectivity index (χ3v) is 4.91. The molecule has 0 bridgehead atoms. The number of imidazole rings is 1. The SMILES string of the molecule is CC(C)(C)OC(=O)NC1CCN(c2cccc(-c3nc4ccccc4[nH]3)n2)CC1. The summed E-state index contributed by atoms with van der Waals surface area (Å²) in [6, 6.07) is 14.1. The molecule has 1 aromatic carbocycles. The number of rotatable bonds is 3. The molecule has 0 radical (unpaired) electrons. The summed E-state index contributed by atoms with van der Waals surface area (Å²) in [5.41, 5.74) is 2.28. The number of anilines is 1. The number of carbonyl (C=O) groups excluding carboxylic acids is 1. The zero-order chi connectivity index (χ0) is 20.4. The van der Waals surface area contributed by atoms with Crippen molar-refractivity contribution in [2.45, 2.75) is 45.3 Å². The minimum absolute atomic E-state index is 0.125. The second-order valence-electron chi connectivity index (χ2n) is 8.39. The van der Waals surface area contributed by atoms with E-state index in [9.17, 15) is 4.79 Å². The van der Waals surface area contributed by atoms with Crippen molar-refractivity contribution in [1.82, 2.24) is 20.3 Å². The van der Waals surface area contributed by atoms with E-state index in [0.717, 1.165) is 54.3 Å². The second kappa shape index (κ2) is 7.73. The second-order valence-corrected chi connectivity index (χ2v) is 8.39. The Hall–Kier alpha value is -3.09. The summed E-state index contributed by atoms with van der Waals surface area (Å²) in [7, 11) is 0. The molecule has 0 saturated carbocycles. The van der Waals surface area contributed by atoms with Crippen LogP contribution in [-0.2, 0) is 4.74 Å². The van der Waals surface area contributed by atoms with Gasteiger partial charge in [0.05, 0.1) is 11.0 Å². The van der Waals surface area contributed by atoms with Crippen molar-refractivity contribution in [3.8, 4) is 11.5 Å². The van der Waals surface area contributed by atoms with E-state index >= 15 is 0 Å². The number of hydrogen-bond acceptors (Lipinski definition) is 5. The Morgan fingerprint density at radius 3 is 2.59 bits per heavy atom. The molecule has 1 aliphatic rings. The summed E-state index contributed by atoms with van der Waals surface area (Å²) in [4.78, 5) is 27.0. The van der Waals surface area contributed by atoms with E-state index < -0.39 is 5.60 Å². The number of nitrogens with zero attached hydrogens (tertiary/aromatic N) is 3. The van der Waals surface area contributed by atoms with E-state index in [1.54, 1.807) is 0 Å². The van der Waals surface area contributed by atoms with Gasteiger partial charge in [-0.3, -0.25) is 0 Å². The number of aromatic nitrogens is 3. The van der Waals surface area contributed by atoms with Crippen LogP contribution in [0.4, 0.5) is 10.6 Å². The number of ether oxygens (including phenoxy) is 1. The molecule has 2 N–H and O–H groups in total. The molecule has 1 fully saturated rings. The Morgan fingerprint density at radius 1 is 1.10 bits per heavy atom. The fourth-order valence-corrected chi connectivity index (χ4v) is 3.53. The summed E-state index contributed by atoms with van der Waals surface area (Å²) in [5, 5.41) is 2.98. The van der Waals surface area contributed by atoms with Gasteiger partial charge in [-0.25, -0.2) is 14.8 Å². The van der Waals surface area contributed by atoms with Crippen LogP contribution in [0.15, 0.2) is 42.5 Å². The van der Waals surface area contributed by atoms with Crippen LogP contribution in [0.25, 0.3) is 22.6 Å². The molecular formula is C22H27N5O2. The number of pyridine rings is 1. The van der Waals surface area contributed by atoms with Gasteiger partial charge >= 0.3 is 6.09 Å². The lowest BCUT2D eigenvalue weighted by Crippen LogP contribution is -2.46. The average Bonchev–Trinajstić information content (AvgIpc) is 3.11. The Morgan fingerprint density at radius 2 is 1.86 bits per heavy atom. The monoisotopic (exact) mass is 393 g/mol. The number of nitrogens with one attached hydrogen (secondary N) is 2. The van der Waals surface area contributed by atoms with Crippen LogP contribution < -0.4 is 10.2 Å². The lowest BCUT2D eigenvalue weighted by Gasteiger charge is -2.33. The molecular weight excluding hydrogens is 366 g/mol. The molecule has 3 aromatic rings. The van der Waals surface area contributed by atoms with Crippen molar-refractivity contribution in [3.63, 3.8) is 0 Å². The van der Waals surface area contributed by atoms with Crippen LogP contribution in [0.5, 0.6) is 0 Å². The number of fused-ring (bicyclic) bond motifs is 1. The quantitative estimate of drug-likeness (QED) is 0.699. The van der Waals surface area contributed by atoms with Gasteiger partial charge in [-0.15, -0.1) is 0 Å². The number of alkyl carbamates (subject to hydrolysis) is 1. The molecule has 1 saturated heterocycles. The first kappa shape index (κ1) is 19.2. The highest BCUT2D eigenvalue weighted by Gasteiger charge is 2.24. The number of H-pyrrole nitrogens is 1. The molecule has 0 unspecified atom stereocenters. The van der Waals surface area contributed by atoms with Crippen LogP contribution >= 0.6 is 0 Å².